The van der Waals surface area contributed by atoms with Crippen LogP contribution in [-0.4, -0.2) is 17.9 Å². The maximum absolute atomic E-state index is 13.1. The Morgan fingerprint density at radius 3 is 1.95 bits per heavy atom. The van der Waals surface area contributed by atoms with Gasteiger partial charge in [-0.3, -0.25) is 9.59 Å². The molecule has 5 nitrogen and oxygen atoms in total. The molecule has 0 aliphatic rings. The van der Waals surface area contributed by atoms with E-state index in [0.29, 0.717) is 0 Å². The average Bonchev–Trinajstić information content (AvgIpc) is 2.24. The van der Waals surface area contributed by atoms with Gasteiger partial charge in [-0.15, -0.1) is 12.4 Å². The first-order valence-corrected chi connectivity index (χ1v) is 5.14. The predicted octanol–water partition coefficient (Wildman–Crippen LogP) is 1.63. The average molecular weight is 294 g/mol. The number of amides is 2. The van der Waals surface area contributed by atoms with Crippen molar-refractivity contribution in [3.05, 3.63) is 23.8 Å². The van der Waals surface area contributed by atoms with Gasteiger partial charge in [0.1, 0.15) is 0 Å². The van der Waals surface area contributed by atoms with Crippen molar-refractivity contribution < 1.29 is 18.4 Å². The van der Waals surface area contributed by atoms with Gasteiger partial charge in [-0.25, -0.2) is 8.78 Å². The van der Waals surface area contributed by atoms with Gasteiger partial charge >= 0.3 is 0 Å². The zero-order valence-corrected chi connectivity index (χ0v) is 11.1. The van der Waals surface area contributed by atoms with E-state index < -0.39 is 29.5 Å². The van der Waals surface area contributed by atoms with Crippen LogP contribution in [0.2, 0.25) is 0 Å². The maximum atomic E-state index is 13.1. The molecule has 0 spiro atoms. The van der Waals surface area contributed by atoms with Crippen LogP contribution in [0.5, 0.6) is 0 Å². The summed E-state index contributed by atoms with van der Waals surface area (Å²) in [5, 5.41) is 4.58. The van der Waals surface area contributed by atoms with Crippen LogP contribution in [-0.2, 0) is 9.59 Å². The fourth-order valence-electron chi connectivity index (χ4n) is 1.19. The van der Waals surface area contributed by atoms with Crippen molar-refractivity contribution in [2.45, 2.75) is 19.9 Å². The van der Waals surface area contributed by atoms with E-state index in [4.69, 9.17) is 5.73 Å². The Balaban J connectivity index is 0.00000324. The second-order valence-electron chi connectivity index (χ2n) is 3.77. The summed E-state index contributed by atoms with van der Waals surface area (Å²) in [5.41, 5.74) is 5.25. The summed E-state index contributed by atoms with van der Waals surface area (Å²) in [6.45, 7) is 2.64. The zero-order valence-electron chi connectivity index (χ0n) is 10.3. The van der Waals surface area contributed by atoms with Crippen molar-refractivity contribution in [2.75, 3.05) is 10.6 Å². The molecule has 0 bridgehead atoms. The third-order valence-electron chi connectivity index (χ3n) is 2.04. The molecule has 0 aromatic heterocycles. The van der Waals surface area contributed by atoms with E-state index in [1.807, 2.05) is 0 Å². The Bertz CT molecular complexity index is 495. The molecule has 0 heterocycles. The van der Waals surface area contributed by atoms with Crippen LogP contribution in [0.15, 0.2) is 12.1 Å². The highest BCUT2D eigenvalue weighted by Gasteiger charge is 2.15. The van der Waals surface area contributed by atoms with Gasteiger partial charge in [-0.05, 0) is 6.92 Å². The molecule has 1 atom stereocenters. The molecule has 106 valence electrons. The third kappa shape index (κ3) is 4.80. The molecule has 2 amide bonds. The van der Waals surface area contributed by atoms with Gasteiger partial charge in [0, 0.05) is 19.1 Å². The second kappa shape index (κ2) is 7.01. The molecule has 0 radical (unpaired) electrons. The topological polar surface area (TPSA) is 84.2 Å². The molecule has 0 unspecified atom stereocenters. The van der Waals surface area contributed by atoms with Crippen molar-refractivity contribution in [2.24, 2.45) is 5.73 Å². The number of benzene rings is 1. The van der Waals surface area contributed by atoms with Gasteiger partial charge in [-0.2, -0.15) is 0 Å². The Hall–Kier alpha value is -1.73. The fourth-order valence-corrected chi connectivity index (χ4v) is 1.19. The maximum Gasteiger partial charge on any atom is 0.241 e. The SMILES string of the molecule is CC(=O)Nc1cc(F)c(F)cc1NC(=O)[C@H](C)N.Cl. The van der Waals surface area contributed by atoms with Gasteiger partial charge in [0.05, 0.1) is 17.4 Å². The number of rotatable bonds is 3. The van der Waals surface area contributed by atoms with E-state index in [0.717, 1.165) is 12.1 Å². The Morgan fingerprint density at radius 1 is 1.16 bits per heavy atom. The number of hydrogen-bond donors (Lipinski definition) is 3. The largest absolute Gasteiger partial charge is 0.324 e. The Labute approximate surface area is 115 Å². The molecular formula is C11H14ClF2N3O2. The summed E-state index contributed by atoms with van der Waals surface area (Å²) in [5.74, 6) is -3.31. The predicted molar refractivity (Wildman–Crippen MR) is 70.2 cm³/mol. The molecule has 8 heteroatoms. The van der Waals surface area contributed by atoms with E-state index in [1.54, 1.807) is 0 Å². The number of carbonyl (C=O) groups excluding carboxylic acids is 2. The number of carbonyl (C=O) groups is 2. The van der Waals surface area contributed by atoms with Crippen molar-refractivity contribution in [3.8, 4) is 0 Å². The van der Waals surface area contributed by atoms with E-state index in [1.165, 1.54) is 13.8 Å². The zero-order chi connectivity index (χ0) is 13.9. The highest BCUT2D eigenvalue weighted by atomic mass is 35.5. The molecule has 19 heavy (non-hydrogen) atoms. The summed E-state index contributed by atoms with van der Waals surface area (Å²) in [7, 11) is 0. The lowest BCUT2D eigenvalue weighted by molar-refractivity contribution is -0.117. The molecule has 1 aromatic rings. The molecule has 1 rings (SSSR count). The number of hydrogen-bond acceptors (Lipinski definition) is 3. The van der Waals surface area contributed by atoms with Crippen molar-refractivity contribution in [3.63, 3.8) is 0 Å². The lowest BCUT2D eigenvalue weighted by atomic mass is 10.2. The first-order valence-electron chi connectivity index (χ1n) is 5.14. The van der Waals surface area contributed by atoms with Gasteiger partial charge in [0.15, 0.2) is 11.6 Å². The summed E-state index contributed by atoms with van der Waals surface area (Å²) < 4.78 is 26.1. The van der Waals surface area contributed by atoms with Gasteiger partial charge in [0.2, 0.25) is 11.8 Å². The highest BCUT2D eigenvalue weighted by Crippen LogP contribution is 2.25. The normalized spacial score (nSPS) is 11.2. The molecule has 1 aromatic carbocycles. The summed E-state index contributed by atoms with van der Waals surface area (Å²) in [4.78, 5) is 22.3. The minimum absolute atomic E-state index is 0. The van der Waals surface area contributed by atoms with Gasteiger partial charge in [-0.1, -0.05) is 0 Å². The van der Waals surface area contributed by atoms with E-state index >= 15 is 0 Å². The van der Waals surface area contributed by atoms with Crippen LogP contribution < -0.4 is 16.4 Å². The monoisotopic (exact) mass is 293 g/mol. The van der Waals surface area contributed by atoms with Crippen molar-refractivity contribution >= 4 is 35.6 Å². The molecule has 0 aliphatic carbocycles. The molecule has 0 saturated carbocycles. The quantitative estimate of drug-likeness (QED) is 0.792. The summed E-state index contributed by atoms with van der Waals surface area (Å²) >= 11 is 0. The van der Waals surface area contributed by atoms with Crippen LogP contribution in [0, 0.1) is 11.6 Å². The van der Waals surface area contributed by atoms with E-state index in [9.17, 15) is 18.4 Å². The second-order valence-corrected chi connectivity index (χ2v) is 3.77. The molecule has 0 aliphatic heterocycles. The minimum atomic E-state index is -1.14. The van der Waals surface area contributed by atoms with Crippen LogP contribution >= 0.6 is 12.4 Å². The van der Waals surface area contributed by atoms with E-state index in [-0.39, 0.29) is 23.8 Å². The lowest BCUT2D eigenvalue weighted by Crippen LogP contribution is -2.32. The minimum Gasteiger partial charge on any atom is -0.324 e. The standard InChI is InChI=1S/C11H13F2N3O2.ClH/c1-5(14)11(18)16-10-4-8(13)7(12)3-9(10)15-6(2)17;/h3-5H,14H2,1-2H3,(H,15,17)(H,16,18);1H/t5-;/m0./s1. The first kappa shape index (κ1) is 17.3. The third-order valence-corrected chi connectivity index (χ3v) is 2.04. The highest BCUT2D eigenvalue weighted by molar-refractivity contribution is 6.00. The van der Waals surface area contributed by atoms with Gasteiger partial charge < -0.3 is 16.4 Å². The van der Waals surface area contributed by atoms with Crippen LogP contribution in [0.1, 0.15) is 13.8 Å². The molecule has 0 fully saturated rings. The van der Waals surface area contributed by atoms with Crippen LogP contribution in [0.4, 0.5) is 20.2 Å². The van der Waals surface area contributed by atoms with Crippen LogP contribution in [0.25, 0.3) is 0 Å². The summed E-state index contributed by atoms with van der Waals surface area (Å²) in [6.07, 6.45) is 0. The number of halogens is 3. The number of nitrogens with one attached hydrogen (secondary N) is 2. The Morgan fingerprint density at radius 2 is 1.58 bits per heavy atom. The number of anilines is 2. The van der Waals surface area contributed by atoms with Crippen LogP contribution in [0.3, 0.4) is 0 Å². The summed E-state index contributed by atoms with van der Waals surface area (Å²) in [6, 6.07) is 0.748. The van der Waals surface area contributed by atoms with Gasteiger partial charge in [0.25, 0.3) is 0 Å². The number of nitrogens with two attached hydrogens (primary N) is 1. The first-order chi connectivity index (χ1) is 8.31. The van der Waals surface area contributed by atoms with Crippen molar-refractivity contribution in [1.29, 1.82) is 0 Å². The molecule has 0 saturated heterocycles. The molecule has 4 N–H and O–H groups in total. The Kier molecular flexibility index (Phi) is 6.37. The van der Waals surface area contributed by atoms with Crippen molar-refractivity contribution in [1.82, 2.24) is 0 Å². The lowest BCUT2D eigenvalue weighted by Gasteiger charge is -2.13. The smallest absolute Gasteiger partial charge is 0.241 e. The fraction of sp³-hybridized carbons (Fsp3) is 0.273. The molecular weight excluding hydrogens is 280 g/mol. The van der Waals surface area contributed by atoms with E-state index in [2.05, 4.69) is 10.6 Å².